The van der Waals surface area contributed by atoms with Crippen molar-refractivity contribution >= 4 is 16.9 Å². The van der Waals surface area contributed by atoms with Crippen molar-refractivity contribution in [3.63, 3.8) is 0 Å². The van der Waals surface area contributed by atoms with E-state index in [1.165, 1.54) is 18.1 Å². The molecule has 3 aliphatic rings. The van der Waals surface area contributed by atoms with Crippen molar-refractivity contribution in [3.05, 3.63) is 48.2 Å². The third-order valence-electron chi connectivity index (χ3n) is 5.17. The lowest BCUT2D eigenvalue weighted by molar-refractivity contribution is -0.150. The number of benzene rings is 1. The molecule has 0 unspecified atom stereocenters. The van der Waals surface area contributed by atoms with Crippen molar-refractivity contribution in [2.45, 2.75) is 18.9 Å². The van der Waals surface area contributed by atoms with Gasteiger partial charge in [0.2, 0.25) is 0 Å². The lowest BCUT2D eigenvalue weighted by Gasteiger charge is -2.45. The number of piperidine rings is 1. The Morgan fingerprint density at radius 1 is 1.35 bits per heavy atom. The van der Waals surface area contributed by atoms with Crippen LogP contribution in [0.5, 0.6) is 0 Å². The van der Waals surface area contributed by atoms with E-state index in [1.54, 1.807) is 0 Å². The maximum atomic E-state index is 12.0. The molecule has 5 rings (SSSR count). The predicted octanol–water partition coefficient (Wildman–Crippen LogP) is 3.02. The molecule has 1 aromatic heterocycles. The van der Waals surface area contributed by atoms with Gasteiger partial charge in [-0.2, -0.15) is 0 Å². The van der Waals surface area contributed by atoms with Gasteiger partial charge in [-0.3, -0.25) is 9.69 Å². The Morgan fingerprint density at radius 3 is 3.04 bits per heavy atom. The summed E-state index contributed by atoms with van der Waals surface area (Å²) in [5.41, 5.74) is 2.18. The summed E-state index contributed by atoms with van der Waals surface area (Å²) in [5, 5.41) is 1.19. The summed E-state index contributed by atoms with van der Waals surface area (Å²) < 4.78 is 10.6. The molecule has 0 N–H and O–H groups in total. The highest BCUT2D eigenvalue weighted by Gasteiger charge is 2.41. The Balaban J connectivity index is 1.49. The third-order valence-corrected chi connectivity index (χ3v) is 5.17. The number of esters is 1. The van der Waals surface area contributed by atoms with Gasteiger partial charge in [0.15, 0.2) is 0 Å². The zero-order chi connectivity index (χ0) is 15.8. The molecule has 0 spiro atoms. The second-order valence-corrected chi connectivity index (χ2v) is 6.50. The zero-order valence-electron chi connectivity index (χ0n) is 13.3. The fourth-order valence-electron chi connectivity index (χ4n) is 4.00. The number of nitrogens with zero attached hydrogens (tertiary/aromatic N) is 1. The number of hydrogen-bond acceptors (Lipinski definition) is 4. The van der Waals surface area contributed by atoms with Crippen molar-refractivity contribution in [2.24, 2.45) is 11.8 Å². The topological polar surface area (TPSA) is 42.7 Å². The molecule has 3 heterocycles. The smallest absolute Gasteiger partial charge is 0.310 e. The van der Waals surface area contributed by atoms with E-state index in [-0.39, 0.29) is 17.9 Å². The number of methoxy groups -OCH3 is 1. The van der Waals surface area contributed by atoms with Crippen LogP contribution in [0.3, 0.4) is 0 Å². The summed E-state index contributed by atoms with van der Waals surface area (Å²) in [6.07, 6.45) is 8.15. The maximum absolute atomic E-state index is 12.0. The second-order valence-electron chi connectivity index (χ2n) is 6.50. The highest BCUT2D eigenvalue weighted by molar-refractivity contribution is 5.80. The van der Waals surface area contributed by atoms with E-state index in [0.29, 0.717) is 5.92 Å². The summed E-state index contributed by atoms with van der Waals surface area (Å²) in [5.74, 6) is 0.359. The minimum absolute atomic E-state index is 0.0233. The molecule has 4 nitrogen and oxygen atoms in total. The normalized spacial score (nSPS) is 26.7. The number of rotatable bonds is 4. The van der Waals surface area contributed by atoms with Crippen LogP contribution in [0.4, 0.5) is 0 Å². The molecule has 0 saturated carbocycles. The lowest BCUT2D eigenvalue weighted by atomic mass is 9.77. The van der Waals surface area contributed by atoms with E-state index >= 15 is 0 Å². The van der Waals surface area contributed by atoms with Crippen LogP contribution in [0, 0.1) is 11.8 Å². The molecule has 2 aliphatic heterocycles. The fourth-order valence-corrected chi connectivity index (χ4v) is 4.00. The highest BCUT2D eigenvalue weighted by atomic mass is 16.5. The molecule has 1 aromatic carbocycles. The maximum Gasteiger partial charge on any atom is 0.310 e. The average Bonchev–Trinajstić information content (AvgIpc) is 3.03. The molecule has 1 saturated heterocycles. The first-order valence-corrected chi connectivity index (χ1v) is 8.21. The van der Waals surface area contributed by atoms with Gasteiger partial charge in [0, 0.05) is 24.5 Å². The van der Waals surface area contributed by atoms with Crippen molar-refractivity contribution in [2.75, 3.05) is 20.2 Å². The van der Waals surface area contributed by atoms with Crippen LogP contribution in [0.2, 0.25) is 0 Å². The van der Waals surface area contributed by atoms with Crippen molar-refractivity contribution < 1.29 is 13.9 Å². The number of carbonyl (C=O) groups is 1. The van der Waals surface area contributed by atoms with E-state index in [1.807, 2.05) is 24.5 Å². The molecular formula is C19H21NO3. The first-order valence-electron chi connectivity index (χ1n) is 8.21. The minimum Gasteiger partial charge on any atom is -0.469 e. The Kier molecular flexibility index (Phi) is 3.69. The Morgan fingerprint density at radius 2 is 2.22 bits per heavy atom. The zero-order valence-corrected chi connectivity index (χ0v) is 13.3. The summed E-state index contributed by atoms with van der Waals surface area (Å²) in [6, 6.07) is 8.31. The van der Waals surface area contributed by atoms with E-state index in [2.05, 4.69) is 23.1 Å². The first kappa shape index (κ1) is 14.5. The number of hydrogen-bond donors (Lipinski definition) is 0. The van der Waals surface area contributed by atoms with Gasteiger partial charge < -0.3 is 9.15 Å². The van der Waals surface area contributed by atoms with Gasteiger partial charge >= 0.3 is 5.97 Å². The number of para-hydroxylation sites is 1. The average molecular weight is 311 g/mol. The van der Waals surface area contributed by atoms with E-state index in [4.69, 9.17) is 9.15 Å². The van der Waals surface area contributed by atoms with Crippen LogP contribution >= 0.6 is 0 Å². The van der Waals surface area contributed by atoms with Gasteiger partial charge in [0.05, 0.1) is 19.3 Å². The molecule has 0 amide bonds. The van der Waals surface area contributed by atoms with Gasteiger partial charge in [-0.05, 0) is 30.4 Å². The quantitative estimate of drug-likeness (QED) is 0.643. The van der Waals surface area contributed by atoms with Crippen LogP contribution in [0.15, 0.2) is 47.1 Å². The second kappa shape index (κ2) is 5.85. The fraction of sp³-hybridized carbons (Fsp3) is 0.421. The molecule has 23 heavy (non-hydrogen) atoms. The van der Waals surface area contributed by atoms with Crippen molar-refractivity contribution in [3.8, 4) is 0 Å². The van der Waals surface area contributed by atoms with E-state index in [0.717, 1.165) is 31.5 Å². The van der Waals surface area contributed by atoms with Crippen molar-refractivity contribution in [1.29, 1.82) is 0 Å². The van der Waals surface area contributed by atoms with Crippen LogP contribution in [-0.2, 0) is 16.0 Å². The summed E-state index contributed by atoms with van der Waals surface area (Å²) in [7, 11) is 1.48. The van der Waals surface area contributed by atoms with Crippen LogP contribution in [-0.4, -0.2) is 37.1 Å². The van der Waals surface area contributed by atoms with Gasteiger partial charge in [-0.1, -0.05) is 30.4 Å². The largest absolute Gasteiger partial charge is 0.469 e. The standard InChI is InChI=1S/C19H21NO3/c1-22-19(21)16-10-13-6-7-17(16)20(11-13)9-8-14-12-23-18-5-3-2-4-15(14)18/h2-7,12-13,16-17H,8-11H2,1H3/t13-,16-,17+/m0/s1. The van der Waals surface area contributed by atoms with Gasteiger partial charge in [-0.25, -0.2) is 0 Å². The summed E-state index contributed by atoms with van der Waals surface area (Å²) in [4.78, 5) is 14.4. The molecule has 1 aliphatic carbocycles. The number of ether oxygens (including phenoxy) is 1. The number of carbonyl (C=O) groups excluding carboxylic acids is 1. The third kappa shape index (κ3) is 2.57. The Bertz CT molecular complexity index is 748. The Hall–Kier alpha value is -2.07. The summed E-state index contributed by atoms with van der Waals surface area (Å²) >= 11 is 0. The van der Waals surface area contributed by atoms with Crippen molar-refractivity contribution in [1.82, 2.24) is 4.90 Å². The van der Waals surface area contributed by atoms with Crippen LogP contribution in [0.25, 0.3) is 11.0 Å². The molecule has 3 atom stereocenters. The molecule has 2 aromatic rings. The molecule has 4 heteroatoms. The molecule has 120 valence electrons. The molecule has 1 fully saturated rings. The molecule has 2 bridgehead atoms. The number of fused-ring (bicyclic) bond motifs is 3. The molecule has 0 radical (unpaired) electrons. The van der Waals surface area contributed by atoms with E-state index < -0.39 is 0 Å². The monoisotopic (exact) mass is 311 g/mol. The number of furan rings is 1. The lowest BCUT2D eigenvalue weighted by Crippen LogP contribution is -2.53. The predicted molar refractivity (Wildman–Crippen MR) is 88.0 cm³/mol. The minimum atomic E-state index is -0.0807. The summed E-state index contributed by atoms with van der Waals surface area (Å²) in [6.45, 7) is 1.97. The van der Waals surface area contributed by atoms with Gasteiger partial charge in [0.1, 0.15) is 5.58 Å². The van der Waals surface area contributed by atoms with Gasteiger partial charge in [-0.15, -0.1) is 0 Å². The highest BCUT2D eigenvalue weighted by Crippen LogP contribution is 2.35. The van der Waals surface area contributed by atoms with Crippen LogP contribution in [0.1, 0.15) is 12.0 Å². The van der Waals surface area contributed by atoms with Gasteiger partial charge in [0.25, 0.3) is 0 Å². The van der Waals surface area contributed by atoms with E-state index in [9.17, 15) is 4.79 Å². The SMILES string of the molecule is COC(=O)[C@H]1C[C@@H]2C=C[C@H]1N(CCc1coc3ccccc13)C2. The first-order chi connectivity index (χ1) is 11.3. The molecular weight excluding hydrogens is 290 g/mol. The van der Waals surface area contributed by atoms with Crippen LogP contribution < -0.4 is 0 Å². The Labute approximate surface area is 135 Å².